The molecule has 12 heteroatoms. The Kier molecular flexibility index (Phi) is 8.29. The van der Waals surface area contributed by atoms with Crippen LogP contribution in [0.15, 0.2) is 18.3 Å². The van der Waals surface area contributed by atoms with E-state index in [4.69, 9.17) is 14.7 Å². The van der Waals surface area contributed by atoms with E-state index in [0.717, 1.165) is 50.7 Å². The molecule has 1 saturated heterocycles. The van der Waals surface area contributed by atoms with E-state index in [2.05, 4.69) is 76.7 Å². The molecule has 0 spiro atoms. The Hall–Kier alpha value is -2.26. The molecular formula is C25H33IN9OP. The summed E-state index contributed by atoms with van der Waals surface area (Å²) in [7, 11) is 4.06. The van der Waals surface area contributed by atoms with Crippen molar-refractivity contribution in [2.75, 3.05) is 63.2 Å². The van der Waals surface area contributed by atoms with Crippen molar-refractivity contribution in [2.45, 2.75) is 32.4 Å². The molecule has 2 aliphatic rings. The number of aryl methyl sites for hydroxylation is 1. The van der Waals surface area contributed by atoms with Gasteiger partial charge in [0.25, 0.3) is 0 Å². The van der Waals surface area contributed by atoms with E-state index in [1.54, 1.807) is 0 Å². The zero-order chi connectivity index (χ0) is 25.9. The standard InChI is InChI=1S/C25H33IN9OP/c1-17-4-5-22-20(14-29-35(22)37-26)23(17)33-10-7-19-21(16-33)30-25(36-13-12-32(2)3)31-24(19)34-11-9-28-18(15-34)6-8-27/h4-5,14,18,28,37H,6-7,9-13,15-16H2,1-3H3. The van der Waals surface area contributed by atoms with Crippen molar-refractivity contribution in [1.82, 2.24) is 29.7 Å². The number of halogens is 1. The summed E-state index contributed by atoms with van der Waals surface area (Å²) < 4.78 is 8.12. The Bertz CT molecular complexity index is 1310. The summed E-state index contributed by atoms with van der Waals surface area (Å²) in [4.78, 5) is 16.7. The van der Waals surface area contributed by atoms with Gasteiger partial charge in [-0.3, -0.25) is 0 Å². The highest BCUT2D eigenvalue weighted by Crippen LogP contribution is 2.38. The quantitative estimate of drug-likeness (QED) is 0.297. The third-order valence-corrected chi connectivity index (χ3v) is 8.90. The first-order valence-corrected chi connectivity index (χ1v) is 16.7. The molecule has 0 radical (unpaired) electrons. The van der Waals surface area contributed by atoms with Crippen molar-refractivity contribution in [3.63, 3.8) is 0 Å². The predicted octanol–water partition coefficient (Wildman–Crippen LogP) is 3.12. The second-order valence-electron chi connectivity index (χ2n) is 9.84. The Morgan fingerprint density at radius 3 is 2.92 bits per heavy atom. The molecule has 4 heterocycles. The van der Waals surface area contributed by atoms with E-state index in [1.165, 1.54) is 27.7 Å². The van der Waals surface area contributed by atoms with Gasteiger partial charge in [-0.15, -0.1) is 0 Å². The van der Waals surface area contributed by atoms with Gasteiger partial charge in [-0.1, -0.05) is 6.07 Å². The number of rotatable bonds is 8. The van der Waals surface area contributed by atoms with Crippen LogP contribution in [0.5, 0.6) is 6.01 Å². The second kappa shape index (κ2) is 11.6. The summed E-state index contributed by atoms with van der Waals surface area (Å²) in [6.07, 6.45) is 3.90. The van der Waals surface area contributed by atoms with Crippen LogP contribution in [0.3, 0.4) is 0 Å². The van der Waals surface area contributed by atoms with E-state index in [-0.39, 0.29) is 6.04 Å². The zero-order valence-electron chi connectivity index (χ0n) is 21.5. The van der Waals surface area contributed by atoms with Crippen LogP contribution in [0.4, 0.5) is 11.5 Å². The molecule has 1 fully saturated rings. The Balaban J connectivity index is 1.50. The van der Waals surface area contributed by atoms with Gasteiger partial charge in [-0.2, -0.15) is 20.3 Å². The van der Waals surface area contributed by atoms with Gasteiger partial charge in [0.2, 0.25) is 0 Å². The van der Waals surface area contributed by atoms with Gasteiger partial charge in [0.15, 0.2) is 0 Å². The monoisotopic (exact) mass is 633 g/mol. The van der Waals surface area contributed by atoms with E-state index in [9.17, 15) is 5.26 Å². The van der Waals surface area contributed by atoms with Crippen LogP contribution in [0.25, 0.3) is 10.9 Å². The minimum absolute atomic E-state index is 0.137. The predicted molar refractivity (Wildman–Crippen MR) is 157 cm³/mol. The maximum atomic E-state index is 9.24. The number of aromatic nitrogens is 4. The summed E-state index contributed by atoms with van der Waals surface area (Å²) in [5, 5.41) is 18.5. The molecule has 1 N–H and O–H groups in total. The second-order valence-corrected chi connectivity index (χ2v) is 11.9. The minimum atomic E-state index is 0.137. The molecule has 0 aliphatic carbocycles. The van der Waals surface area contributed by atoms with Gasteiger partial charge in [-0.25, -0.2) is 4.45 Å². The highest BCUT2D eigenvalue weighted by molar-refractivity contribution is 14.2. The smallest absolute Gasteiger partial charge is 0.318 e. The molecule has 2 aliphatic heterocycles. The molecular weight excluding hydrogens is 600 g/mol. The fraction of sp³-hybridized carbons (Fsp3) is 0.520. The molecule has 3 aromatic rings. The van der Waals surface area contributed by atoms with Crippen molar-refractivity contribution in [3.8, 4) is 12.1 Å². The number of hydrogen-bond acceptors (Lipinski definition) is 9. The van der Waals surface area contributed by atoms with Crippen molar-refractivity contribution >= 4 is 50.8 Å². The first-order chi connectivity index (χ1) is 18.0. The molecule has 5 rings (SSSR count). The lowest BCUT2D eigenvalue weighted by atomic mass is 10.0. The van der Waals surface area contributed by atoms with Crippen molar-refractivity contribution in [2.24, 2.45) is 0 Å². The zero-order valence-corrected chi connectivity index (χ0v) is 24.7. The number of nitrogens with one attached hydrogen (secondary N) is 1. The molecule has 2 atom stereocenters. The van der Waals surface area contributed by atoms with E-state index < -0.39 is 0 Å². The SMILES string of the molecule is Cc1ccc2c(cnn2PI)c1N1CCc2c(nc(OCCN(C)C)nc2N2CCNC(CC#N)C2)C1. The van der Waals surface area contributed by atoms with E-state index in [0.29, 0.717) is 32.0 Å². The molecule has 37 heavy (non-hydrogen) atoms. The molecule has 2 aromatic heterocycles. The molecule has 10 nitrogen and oxygen atoms in total. The Morgan fingerprint density at radius 1 is 1.27 bits per heavy atom. The van der Waals surface area contributed by atoms with E-state index in [1.807, 2.05) is 20.3 Å². The third-order valence-electron chi connectivity index (χ3n) is 7.01. The number of hydrogen-bond donors (Lipinski definition) is 1. The fourth-order valence-corrected chi connectivity index (χ4v) is 6.71. The molecule has 0 bridgehead atoms. The van der Waals surface area contributed by atoms with Crippen molar-refractivity contribution < 1.29 is 4.74 Å². The number of fused-ring (bicyclic) bond motifs is 2. The van der Waals surface area contributed by atoms with Crippen LogP contribution in [0.1, 0.15) is 23.2 Å². The first kappa shape index (κ1) is 26.4. The van der Waals surface area contributed by atoms with Gasteiger partial charge in [0.05, 0.1) is 48.5 Å². The van der Waals surface area contributed by atoms with Gasteiger partial charge >= 0.3 is 6.01 Å². The fourth-order valence-electron chi connectivity index (χ4n) is 5.17. The Labute approximate surface area is 232 Å². The highest BCUT2D eigenvalue weighted by Gasteiger charge is 2.29. The third kappa shape index (κ3) is 5.62. The number of nitrogens with zero attached hydrogens (tertiary/aromatic N) is 8. The number of likely N-dealkylation sites (N-methyl/N-ethyl adjacent to an activating group) is 1. The average Bonchev–Trinajstić information content (AvgIpc) is 3.31. The maximum Gasteiger partial charge on any atom is 0.318 e. The van der Waals surface area contributed by atoms with Gasteiger partial charge < -0.3 is 24.8 Å². The lowest BCUT2D eigenvalue weighted by molar-refractivity contribution is 0.244. The summed E-state index contributed by atoms with van der Waals surface area (Å²) in [6.45, 7) is 7.51. The number of piperazine rings is 1. The van der Waals surface area contributed by atoms with Gasteiger partial charge in [-0.05, 0) is 61.1 Å². The number of nitriles is 1. The van der Waals surface area contributed by atoms with Gasteiger partial charge in [0, 0.05) is 49.7 Å². The lowest BCUT2D eigenvalue weighted by Gasteiger charge is -2.37. The first-order valence-electron chi connectivity index (χ1n) is 12.6. The minimum Gasteiger partial charge on any atom is -0.462 e. The molecule has 196 valence electrons. The van der Waals surface area contributed by atoms with Crippen LogP contribution >= 0.6 is 28.4 Å². The molecule has 0 amide bonds. The molecule has 2 unspecified atom stereocenters. The average molecular weight is 633 g/mol. The van der Waals surface area contributed by atoms with Gasteiger partial charge in [0.1, 0.15) is 12.4 Å². The maximum absolute atomic E-state index is 9.24. The van der Waals surface area contributed by atoms with E-state index >= 15 is 0 Å². The number of benzene rings is 1. The molecule has 0 saturated carbocycles. The summed E-state index contributed by atoms with van der Waals surface area (Å²) in [6, 6.07) is 7.24. The number of anilines is 2. The highest BCUT2D eigenvalue weighted by atomic mass is 127. The molecule has 1 aromatic carbocycles. The van der Waals surface area contributed by atoms with Crippen molar-refractivity contribution in [3.05, 3.63) is 35.2 Å². The number of ether oxygens (including phenoxy) is 1. The normalized spacial score (nSPS) is 18.1. The van der Waals surface area contributed by atoms with Crippen LogP contribution in [0.2, 0.25) is 0 Å². The van der Waals surface area contributed by atoms with Crippen LogP contribution in [0, 0.1) is 18.3 Å². The largest absolute Gasteiger partial charge is 0.462 e. The summed E-state index contributed by atoms with van der Waals surface area (Å²) in [5.41, 5.74) is 5.86. The van der Waals surface area contributed by atoms with Crippen LogP contribution < -0.4 is 19.9 Å². The summed E-state index contributed by atoms with van der Waals surface area (Å²) >= 11 is 2.38. The topological polar surface area (TPSA) is 98.4 Å². The summed E-state index contributed by atoms with van der Waals surface area (Å²) in [5.74, 6) is 0.961. The Morgan fingerprint density at radius 2 is 2.14 bits per heavy atom. The van der Waals surface area contributed by atoms with Crippen LogP contribution in [-0.2, 0) is 13.0 Å². The lowest BCUT2D eigenvalue weighted by Crippen LogP contribution is -2.51. The van der Waals surface area contributed by atoms with Crippen LogP contribution in [-0.4, -0.2) is 83.9 Å². The van der Waals surface area contributed by atoms with Crippen molar-refractivity contribution in [1.29, 1.82) is 5.26 Å².